The Labute approximate surface area is 133 Å². The molecule has 0 radical (unpaired) electrons. The maximum absolute atomic E-state index is 10.6. The molecule has 0 spiro atoms. The van der Waals surface area contributed by atoms with Crippen LogP contribution in [-0.4, -0.2) is 17.3 Å². The Kier molecular flexibility index (Phi) is 5.21. The van der Waals surface area contributed by atoms with Crippen molar-refractivity contribution in [3.8, 4) is 0 Å². The zero-order chi connectivity index (χ0) is 15.9. The van der Waals surface area contributed by atoms with Crippen LogP contribution in [0.25, 0.3) is 0 Å². The lowest BCUT2D eigenvalue weighted by Crippen LogP contribution is -2.23. The topological polar surface area (TPSA) is 76.5 Å². The minimum Gasteiger partial charge on any atom is -0.545 e. The minimum absolute atomic E-state index is 0.127. The first-order chi connectivity index (χ1) is 10.5. The first-order valence-corrected chi connectivity index (χ1v) is 6.93. The molecule has 2 N–H and O–H groups in total. The van der Waals surface area contributed by atoms with Gasteiger partial charge in [-0.15, -0.1) is 0 Å². The predicted octanol–water partition coefficient (Wildman–Crippen LogP) is 1.68. The van der Waals surface area contributed by atoms with Crippen molar-refractivity contribution in [3.05, 3.63) is 65.2 Å². The van der Waals surface area contributed by atoms with E-state index in [0.717, 1.165) is 11.3 Å². The maximum Gasteiger partial charge on any atom is 0.191 e. The summed E-state index contributed by atoms with van der Waals surface area (Å²) in [6.07, 6.45) is 1.54. The molecule has 0 fully saturated rings. The third kappa shape index (κ3) is 4.68. The summed E-state index contributed by atoms with van der Waals surface area (Å²) in [5, 5.41) is 18.0. The molecule has 112 valence electrons. The van der Waals surface area contributed by atoms with E-state index in [9.17, 15) is 9.90 Å². The summed E-state index contributed by atoms with van der Waals surface area (Å²) in [5.41, 5.74) is 5.61. The second kappa shape index (κ2) is 7.33. The number of hydrogen-bond donors (Lipinski definition) is 2. The lowest BCUT2D eigenvalue weighted by atomic mass is 10.1. The number of carboxylic acid groups (broad SMARTS) is 1. The van der Waals surface area contributed by atoms with E-state index in [1.165, 1.54) is 17.7 Å². The molecule has 0 aliphatic carbocycles. The monoisotopic (exact) mass is 312 g/mol. The molecule has 0 atom stereocenters. The fourth-order valence-electron chi connectivity index (χ4n) is 1.67. The predicted molar refractivity (Wildman–Crippen MR) is 88.9 cm³/mol. The van der Waals surface area contributed by atoms with Gasteiger partial charge in [0, 0.05) is 5.69 Å². The van der Waals surface area contributed by atoms with Crippen molar-refractivity contribution in [2.24, 2.45) is 5.10 Å². The summed E-state index contributed by atoms with van der Waals surface area (Å²) < 4.78 is 0. The number of anilines is 1. The molecule has 0 aromatic heterocycles. The van der Waals surface area contributed by atoms with Crippen LogP contribution in [0.2, 0.25) is 0 Å². The molecule has 2 rings (SSSR count). The van der Waals surface area contributed by atoms with Crippen molar-refractivity contribution >= 4 is 35.2 Å². The van der Waals surface area contributed by atoms with Gasteiger partial charge >= 0.3 is 0 Å². The van der Waals surface area contributed by atoms with E-state index >= 15 is 0 Å². The summed E-state index contributed by atoms with van der Waals surface area (Å²) in [6, 6.07) is 14.0. The van der Waals surface area contributed by atoms with E-state index in [2.05, 4.69) is 15.8 Å². The summed E-state index contributed by atoms with van der Waals surface area (Å²) in [7, 11) is 0. The van der Waals surface area contributed by atoms with Gasteiger partial charge in [0.05, 0.1) is 12.2 Å². The number of carbonyl (C=O) groups is 1. The van der Waals surface area contributed by atoms with Crippen molar-refractivity contribution in [2.45, 2.75) is 6.92 Å². The number of aryl methyl sites for hydroxylation is 1. The highest BCUT2D eigenvalue weighted by Crippen LogP contribution is 2.08. The van der Waals surface area contributed by atoms with Crippen LogP contribution < -0.4 is 15.8 Å². The summed E-state index contributed by atoms with van der Waals surface area (Å²) in [6.45, 7) is 2.01. The van der Waals surface area contributed by atoms with Crippen LogP contribution in [0.15, 0.2) is 53.6 Å². The molecule has 0 bridgehead atoms. The van der Waals surface area contributed by atoms with Crippen LogP contribution in [0.4, 0.5) is 5.69 Å². The Hall–Kier alpha value is -2.73. The molecule has 0 aliphatic rings. The smallest absolute Gasteiger partial charge is 0.191 e. The SMILES string of the molecule is Cc1ccc(NC(=S)N/N=C\c2ccc(C(=O)[O-])cc2)cc1. The minimum atomic E-state index is -1.20. The van der Waals surface area contributed by atoms with E-state index < -0.39 is 5.97 Å². The average molecular weight is 312 g/mol. The van der Waals surface area contributed by atoms with Crippen molar-refractivity contribution in [1.29, 1.82) is 0 Å². The average Bonchev–Trinajstić information content (AvgIpc) is 2.50. The van der Waals surface area contributed by atoms with Gasteiger partial charge in [0.15, 0.2) is 5.11 Å². The highest BCUT2D eigenvalue weighted by molar-refractivity contribution is 7.80. The van der Waals surface area contributed by atoms with Gasteiger partial charge in [0.2, 0.25) is 0 Å². The van der Waals surface area contributed by atoms with E-state index in [1.807, 2.05) is 31.2 Å². The number of aromatic carboxylic acids is 1. The van der Waals surface area contributed by atoms with Gasteiger partial charge in [-0.05, 0) is 42.4 Å². The number of benzene rings is 2. The Morgan fingerprint density at radius 3 is 2.36 bits per heavy atom. The van der Waals surface area contributed by atoms with Gasteiger partial charge in [-0.1, -0.05) is 42.0 Å². The number of hydrazone groups is 1. The van der Waals surface area contributed by atoms with E-state index in [0.29, 0.717) is 5.11 Å². The normalized spacial score (nSPS) is 10.4. The van der Waals surface area contributed by atoms with Crippen molar-refractivity contribution in [3.63, 3.8) is 0 Å². The highest BCUT2D eigenvalue weighted by Gasteiger charge is 1.96. The lowest BCUT2D eigenvalue weighted by Gasteiger charge is -2.07. The Balaban J connectivity index is 1.87. The zero-order valence-electron chi connectivity index (χ0n) is 11.9. The van der Waals surface area contributed by atoms with Crippen LogP contribution in [0.5, 0.6) is 0 Å². The first-order valence-electron chi connectivity index (χ1n) is 6.53. The molecule has 0 saturated carbocycles. The fraction of sp³-hybridized carbons (Fsp3) is 0.0625. The molecule has 6 heteroatoms. The van der Waals surface area contributed by atoms with Gasteiger partial charge in [0.25, 0.3) is 0 Å². The Bertz CT molecular complexity index is 694. The van der Waals surface area contributed by atoms with Crippen LogP contribution in [0, 0.1) is 6.92 Å². The number of carbonyl (C=O) groups excluding carboxylic acids is 1. The van der Waals surface area contributed by atoms with E-state index in [4.69, 9.17) is 12.2 Å². The van der Waals surface area contributed by atoms with Gasteiger partial charge in [-0.25, -0.2) is 0 Å². The molecular formula is C16H14N3O2S-. The first kappa shape index (κ1) is 15.7. The number of nitrogens with one attached hydrogen (secondary N) is 2. The second-order valence-corrected chi connectivity index (χ2v) is 5.01. The number of carboxylic acids is 1. The van der Waals surface area contributed by atoms with Crippen LogP contribution in [0.3, 0.4) is 0 Å². The molecular weight excluding hydrogens is 298 g/mol. The fourth-order valence-corrected chi connectivity index (χ4v) is 1.84. The van der Waals surface area contributed by atoms with E-state index in [1.54, 1.807) is 18.3 Å². The van der Waals surface area contributed by atoms with E-state index in [-0.39, 0.29) is 5.56 Å². The summed E-state index contributed by atoms with van der Waals surface area (Å²) in [4.78, 5) is 10.6. The molecule has 0 saturated heterocycles. The molecule has 22 heavy (non-hydrogen) atoms. The quantitative estimate of drug-likeness (QED) is 0.510. The highest BCUT2D eigenvalue weighted by atomic mass is 32.1. The van der Waals surface area contributed by atoms with Crippen molar-refractivity contribution in [1.82, 2.24) is 5.43 Å². The number of hydrogen-bond acceptors (Lipinski definition) is 4. The number of nitrogens with zero attached hydrogens (tertiary/aromatic N) is 1. The third-order valence-electron chi connectivity index (χ3n) is 2.84. The largest absolute Gasteiger partial charge is 0.545 e. The standard InChI is InChI=1S/C16H15N3O2S/c1-11-2-8-14(9-3-11)18-16(22)19-17-10-12-4-6-13(7-5-12)15(20)21/h2-10H,1H3,(H,20,21)(H2,18,19,22)/p-1/b17-10-. The number of thiocarbonyl (C=S) groups is 1. The molecule has 5 nitrogen and oxygen atoms in total. The van der Waals surface area contributed by atoms with Crippen molar-refractivity contribution < 1.29 is 9.90 Å². The van der Waals surface area contributed by atoms with Crippen LogP contribution >= 0.6 is 12.2 Å². The molecule has 0 amide bonds. The molecule has 0 aliphatic heterocycles. The van der Waals surface area contributed by atoms with Crippen LogP contribution in [-0.2, 0) is 0 Å². The Morgan fingerprint density at radius 1 is 1.14 bits per heavy atom. The second-order valence-electron chi connectivity index (χ2n) is 4.60. The number of rotatable bonds is 4. The van der Waals surface area contributed by atoms with Gasteiger partial charge in [-0.2, -0.15) is 5.10 Å². The lowest BCUT2D eigenvalue weighted by molar-refractivity contribution is -0.255. The molecule has 2 aromatic carbocycles. The summed E-state index contributed by atoms with van der Waals surface area (Å²) >= 11 is 5.12. The maximum atomic E-state index is 10.6. The molecule has 0 heterocycles. The van der Waals surface area contributed by atoms with Gasteiger partial charge in [-0.3, -0.25) is 5.43 Å². The van der Waals surface area contributed by atoms with Gasteiger partial charge < -0.3 is 15.2 Å². The Morgan fingerprint density at radius 2 is 1.77 bits per heavy atom. The zero-order valence-corrected chi connectivity index (χ0v) is 12.7. The molecule has 2 aromatic rings. The van der Waals surface area contributed by atoms with Gasteiger partial charge in [0.1, 0.15) is 0 Å². The third-order valence-corrected chi connectivity index (χ3v) is 3.03. The molecule has 0 unspecified atom stereocenters. The van der Waals surface area contributed by atoms with Crippen molar-refractivity contribution in [2.75, 3.05) is 5.32 Å². The summed E-state index contributed by atoms with van der Waals surface area (Å²) in [5.74, 6) is -1.20. The van der Waals surface area contributed by atoms with Crippen LogP contribution in [0.1, 0.15) is 21.5 Å².